The van der Waals surface area contributed by atoms with Gasteiger partial charge in [-0.15, -0.1) is 0 Å². The summed E-state index contributed by atoms with van der Waals surface area (Å²) >= 11 is 0. The van der Waals surface area contributed by atoms with Crippen molar-refractivity contribution in [2.75, 3.05) is 13.1 Å². The third-order valence-electron chi connectivity index (χ3n) is 5.80. The average molecular weight is 398 g/mol. The lowest BCUT2D eigenvalue weighted by molar-refractivity contribution is 0.00484. The van der Waals surface area contributed by atoms with Crippen molar-refractivity contribution in [2.24, 2.45) is 12.0 Å². The van der Waals surface area contributed by atoms with Crippen LogP contribution in [0.1, 0.15) is 52.0 Å². The van der Waals surface area contributed by atoms with E-state index in [2.05, 4.69) is 30.8 Å². The van der Waals surface area contributed by atoms with Crippen LogP contribution in [-0.4, -0.2) is 50.3 Å². The van der Waals surface area contributed by atoms with E-state index in [-0.39, 0.29) is 6.03 Å². The number of allylic oxidation sites excluding steroid dienone is 3. The number of hydrogen-bond acceptors (Lipinski definition) is 4. The van der Waals surface area contributed by atoms with Gasteiger partial charge in [0.25, 0.3) is 0 Å². The Balaban J connectivity index is 1.79. The summed E-state index contributed by atoms with van der Waals surface area (Å²) < 4.78 is 1.80. The van der Waals surface area contributed by atoms with Crippen molar-refractivity contribution in [1.82, 2.24) is 20.0 Å². The number of aliphatic imine (C=N–C) groups is 1. The van der Waals surface area contributed by atoms with Gasteiger partial charge in [-0.1, -0.05) is 6.58 Å². The molecule has 1 fully saturated rings. The minimum Gasteiger partial charge on any atom is -0.390 e. The zero-order valence-corrected chi connectivity index (χ0v) is 17.8. The summed E-state index contributed by atoms with van der Waals surface area (Å²) in [4.78, 5) is 19.1. The molecule has 0 unspecified atom stereocenters. The number of aromatic nitrogens is 2. The highest BCUT2D eigenvalue weighted by Gasteiger charge is 2.29. The Hall–Kier alpha value is -2.67. The predicted octanol–water partition coefficient (Wildman–Crippen LogP) is 3.40. The highest BCUT2D eigenvalue weighted by Crippen LogP contribution is 2.36. The highest BCUT2D eigenvalue weighted by atomic mass is 16.3. The zero-order chi connectivity index (χ0) is 21.2. The van der Waals surface area contributed by atoms with Crippen LogP contribution in [0.4, 0.5) is 4.79 Å². The molecule has 2 heterocycles. The number of likely N-dealkylation sites (tertiary alicyclic amines) is 1. The smallest absolute Gasteiger partial charge is 0.323 e. The van der Waals surface area contributed by atoms with E-state index in [9.17, 15) is 9.90 Å². The molecule has 2 amide bonds. The van der Waals surface area contributed by atoms with Crippen molar-refractivity contribution in [3.63, 3.8) is 0 Å². The number of carbonyl (C=O) groups is 1. The van der Waals surface area contributed by atoms with Gasteiger partial charge in [-0.3, -0.25) is 10.00 Å². The first-order chi connectivity index (χ1) is 13.7. The fourth-order valence-electron chi connectivity index (χ4n) is 3.82. The molecular formula is C22H31N5O2. The van der Waals surface area contributed by atoms with E-state index in [4.69, 9.17) is 4.99 Å². The number of piperidine rings is 1. The molecule has 1 aliphatic heterocycles. The number of nitrogens with zero attached hydrogens (tertiary/aromatic N) is 4. The summed E-state index contributed by atoms with van der Waals surface area (Å²) in [5.41, 5.74) is 4.83. The van der Waals surface area contributed by atoms with Gasteiger partial charge in [-0.05, 0) is 69.2 Å². The van der Waals surface area contributed by atoms with E-state index >= 15 is 0 Å². The van der Waals surface area contributed by atoms with Crippen molar-refractivity contribution in [3.05, 3.63) is 47.5 Å². The Morgan fingerprint density at radius 1 is 1.34 bits per heavy atom. The molecule has 156 valence electrons. The molecule has 1 aliphatic carbocycles. The first-order valence-electron chi connectivity index (χ1n) is 10.1. The normalized spacial score (nSPS) is 20.2. The van der Waals surface area contributed by atoms with Gasteiger partial charge in [0.1, 0.15) is 5.84 Å². The van der Waals surface area contributed by atoms with Crippen LogP contribution >= 0.6 is 0 Å². The molecule has 2 N–H and O–H groups in total. The molecule has 29 heavy (non-hydrogen) atoms. The van der Waals surface area contributed by atoms with Gasteiger partial charge in [0.05, 0.1) is 17.5 Å². The molecule has 0 saturated carbocycles. The molecule has 0 spiro atoms. The lowest BCUT2D eigenvalue weighted by atomic mass is 9.88. The van der Waals surface area contributed by atoms with Crippen LogP contribution in [0.5, 0.6) is 0 Å². The first kappa shape index (κ1) is 21.0. The molecule has 0 atom stereocenters. The van der Waals surface area contributed by atoms with Crippen molar-refractivity contribution in [3.8, 4) is 0 Å². The standard InChI is InChI=1S/C22H31N5O2/c1-6-19(25-21(28)27-11-9-22(4,29)10-12-27)24-20-15(2)7-8-18(16(20)3)17-13-23-26(5)14-17/h6,13-14,29H,1,7-12H2,2-5H3,(H,24,25,28). The molecule has 7 heteroatoms. The maximum atomic E-state index is 12.6. The van der Waals surface area contributed by atoms with E-state index < -0.39 is 5.60 Å². The molecule has 0 bridgehead atoms. The lowest BCUT2D eigenvalue weighted by Crippen LogP contribution is -2.49. The Bertz CT molecular complexity index is 894. The number of carbonyl (C=O) groups excluding carboxylic acids is 1. The van der Waals surface area contributed by atoms with Crippen LogP contribution in [0.25, 0.3) is 5.57 Å². The Kier molecular flexibility index (Phi) is 6.07. The average Bonchev–Trinajstić information content (AvgIpc) is 3.10. The largest absolute Gasteiger partial charge is 0.390 e. The second-order valence-corrected chi connectivity index (χ2v) is 8.25. The lowest BCUT2D eigenvalue weighted by Gasteiger charge is -2.35. The number of amidine groups is 1. The Morgan fingerprint density at radius 2 is 2.03 bits per heavy atom. The molecule has 2 aliphatic rings. The number of aliphatic hydroxyl groups is 1. The number of aryl methyl sites for hydroxylation is 1. The van der Waals surface area contributed by atoms with Crippen LogP contribution < -0.4 is 5.32 Å². The first-order valence-corrected chi connectivity index (χ1v) is 10.1. The van der Waals surface area contributed by atoms with Crippen molar-refractivity contribution in [1.29, 1.82) is 0 Å². The van der Waals surface area contributed by atoms with Gasteiger partial charge < -0.3 is 10.0 Å². The molecule has 0 radical (unpaired) electrons. The second kappa shape index (κ2) is 8.37. The van der Waals surface area contributed by atoms with Gasteiger partial charge in [0.2, 0.25) is 0 Å². The van der Waals surface area contributed by atoms with Crippen LogP contribution in [0.3, 0.4) is 0 Å². The fraction of sp³-hybridized carbons (Fsp3) is 0.500. The SMILES string of the molecule is C=CC(=NC1=C(C)CCC(c2cnn(C)c2)=C1C)NC(=O)N1CCC(C)(O)CC1. The third-order valence-corrected chi connectivity index (χ3v) is 5.80. The quantitative estimate of drug-likeness (QED) is 0.606. The van der Waals surface area contributed by atoms with Crippen molar-refractivity contribution >= 4 is 17.4 Å². The van der Waals surface area contributed by atoms with Crippen molar-refractivity contribution < 1.29 is 9.90 Å². The van der Waals surface area contributed by atoms with Gasteiger partial charge in [-0.2, -0.15) is 5.10 Å². The van der Waals surface area contributed by atoms with Gasteiger partial charge in [0, 0.05) is 31.9 Å². The Morgan fingerprint density at radius 3 is 2.62 bits per heavy atom. The van der Waals surface area contributed by atoms with Crippen LogP contribution in [0.15, 0.2) is 46.9 Å². The number of hydrogen-bond donors (Lipinski definition) is 2. The molecule has 3 rings (SSSR count). The Labute approximate surface area is 172 Å². The van der Waals surface area contributed by atoms with Gasteiger partial charge >= 0.3 is 6.03 Å². The summed E-state index contributed by atoms with van der Waals surface area (Å²) in [7, 11) is 1.91. The van der Waals surface area contributed by atoms with Gasteiger partial charge in [0.15, 0.2) is 0 Å². The summed E-state index contributed by atoms with van der Waals surface area (Å²) in [6.45, 7) is 10.8. The fourth-order valence-corrected chi connectivity index (χ4v) is 3.82. The topological polar surface area (TPSA) is 82.8 Å². The second-order valence-electron chi connectivity index (χ2n) is 8.25. The maximum absolute atomic E-state index is 12.6. The summed E-state index contributed by atoms with van der Waals surface area (Å²) in [6.07, 6.45) is 8.48. The van der Waals surface area contributed by atoms with Gasteiger partial charge in [-0.25, -0.2) is 9.79 Å². The molecule has 7 nitrogen and oxygen atoms in total. The van der Waals surface area contributed by atoms with E-state index in [1.54, 1.807) is 15.7 Å². The number of urea groups is 1. The number of nitrogens with one attached hydrogen (secondary N) is 1. The van der Waals surface area contributed by atoms with E-state index in [0.717, 1.165) is 29.7 Å². The maximum Gasteiger partial charge on any atom is 0.323 e. The molecule has 1 aromatic heterocycles. The van der Waals surface area contributed by atoms with Crippen molar-refractivity contribution in [2.45, 2.75) is 52.1 Å². The molecular weight excluding hydrogens is 366 g/mol. The molecule has 0 aromatic carbocycles. The monoisotopic (exact) mass is 397 g/mol. The summed E-state index contributed by atoms with van der Waals surface area (Å²) in [5, 5.41) is 17.2. The molecule has 1 aromatic rings. The minimum atomic E-state index is -0.694. The third kappa shape index (κ3) is 4.85. The van der Waals surface area contributed by atoms with E-state index in [1.807, 2.05) is 26.4 Å². The summed E-state index contributed by atoms with van der Waals surface area (Å²) in [6, 6.07) is -0.206. The number of amides is 2. The highest BCUT2D eigenvalue weighted by molar-refractivity contribution is 6.04. The zero-order valence-electron chi connectivity index (χ0n) is 17.8. The predicted molar refractivity (Wildman–Crippen MR) is 115 cm³/mol. The van der Waals surface area contributed by atoms with Crippen LogP contribution in [0, 0.1) is 0 Å². The minimum absolute atomic E-state index is 0.206. The van der Waals surface area contributed by atoms with E-state index in [0.29, 0.717) is 31.8 Å². The van der Waals surface area contributed by atoms with Crippen LogP contribution in [0.2, 0.25) is 0 Å². The summed E-state index contributed by atoms with van der Waals surface area (Å²) in [5.74, 6) is 0.438. The van der Waals surface area contributed by atoms with Crippen LogP contribution in [-0.2, 0) is 7.05 Å². The number of rotatable bonds is 3. The van der Waals surface area contributed by atoms with E-state index in [1.165, 1.54) is 11.1 Å². The molecule has 1 saturated heterocycles.